The minimum absolute atomic E-state index is 0.321. The minimum atomic E-state index is 0.321. The Labute approximate surface area is 96.0 Å². The lowest BCUT2D eigenvalue weighted by atomic mass is 10.3. The number of nitrogens with zero attached hydrogens (tertiary/aromatic N) is 2. The molecule has 0 saturated carbocycles. The number of benzene rings is 1. The van der Waals surface area contributed by atoms with Gasteiger partial charge in [0.15, 0.2) is 0 Å². The van der Waals surface area contributed by atoms with Crippen LogP contribution >= 0.6 is 27.5 Å². The van der Waals surface area contributed by atoms with Crippen molar-refractivity contribution in [3.8, 4) is 0 Å². The number of hydrogen-bond acceptors (Lipinski definition) is 1. The Morgan fingerprint density at radius 1 is 1.43 bits per heavy atom. The summed E-state index contributed by atoms with van der Waals surface area (Å²) in [6, 6.07) is 6.29. The molecule has 0 aliphatic heterocycles. The van der Waals surface area contributed by atoms with Gasteiger partial charge in [-0.3, -0.25) is 0 Å². The zero-order valence-corrected chi connectivity index (χ0v) is 10.3. The van der Waals surface area contributed by atoms with Gasteiger partial charge in [0.2, 0.25) is 5.28 Å². The van der Waals surface area contributed by atoms with Crippen molar-refractivity contribution < 1.29 is 0 Å². The molecule has 0 aliphatic carbocycles. The number of fused-ring (bicyclic) bond motifs is 1. The van der Waals surface area contributed by atoms with Crippen molar-refractivity contribution in [2.75, 3.05) is 0 Å². The molecule has 14 heavy (non-hydrogen) atoms. The third-order valence-corrected chi connectivity index (χ3v) is 2.88. The molecule has 1 heterocycles. The monoisotopic (exact) mass is 272 g/mol. The highest BCUT2D eigenvalue weighted by atomic mass is 79.9. The Morgan fingerprint density at radius 3 is 2.79 bits per heavy atom. The van der Waals surface area contributed by atoms with E-state index in [1.807, 2.05) is 22.8 Å². The van der Waals surface area contributed by atoms with Gasteiger partial charge in [0.05, 0.1) is 11.0 Å². The van der Waals surface area contributed by atoms with Gasteiger partial charge in [-0.15, -0.1) is 0 Å². The van der Waals surface area contributed by atoms with E-state index in [2.05, 4.69) is 34.8 Å². The molecule has 2 rings (SSSR count). The van der Waals surface area contributed by atoms with E-state index in [1.165, 1.54) is 0 Å². The van der Waals surface area contributed by atoms with Crippen LogP contribution in [0.2, 0.25) is 5.28 Å². The molecule has 1 aromatic heterocycles. The van der Waals surface area contributed by atoms with Gasteiger partial charge in [0.1, 0.15) is 0 Å². The normalized spacial score (nSPS) is 11.5. The molecule has 0 bridgehead atoms. The highest BCUT2D eigenvalue weighted by Gasteiger charge is 2.11. The SMILES string of the molecule is CC(C)n1c(Cl)nc2ccc(Br)cc21. The van der Waals surface area contributed by atoms with E-state index < -0.39 is 0 Å². The van der Waals surface area contributed by atoms with E-state index in [9.17, 15) is 0 Å². The summed E-state index contributed by atoms with van der Waals surface area (Å²) in [4.78, 5) is 4.28. The Hall–Kier alpha value is -0.540. The lowest BCUT2D eigenvalue weighted by Crippen LogP contribution is -1.99. The largest absolute Gasteiger partial charge is 0.312 e. The Kier molecular flexibility index (Phi) is 2.54. The van der Waals surface area contributed by atoms with E-state index in [0.29, 0.717) is 11.3 Å². The fraction of sp³-hybridized carbons (Fsp3) is 0.300. The third kappa shape index (κ3) is 1.55. The molecule has 4 heteroatoms. The first-order valence-electron chi connectivity index (χ1n) is 4.42. The zero-order valence-electron chi connectivity index (χ0n) is 7.96. The van der Waals surface area contributed by atoms with Crippen molar-refractivity contribution in [1.82, 2.24) is 9.55 Å². The van der Waals surface area contributed by atoms with Crippen LogP contribution in [0.3, 0.4) is 0 Å². The summed E-state index contributed by atoms with van der Waals surface area (Å²) in [7, 11) is 0. The number of hydrogen-bond donors (Lipinski definition) is 0. The van der Waals surface area contributed by atoms with Gasteiger partial charge in [-0.25, -0.2) is 4.98 Å². The van der Waals surface area contributed by atoms with Gasteiger partial charge in [-0.1, -0.05) is 15.9 Å². The van der Waals surface area contributed by atoms with Crippen molar-refractivity contribution in [2.45, 2.75) is 19.9 Å². The van der Waals surface area contributed by atoms with Gasteiger partial charge in [-0.2, -0.15) is 0 Å². The van der Waals surface area contributed by atoms with Crippen LogP contribution in [0.15, 0.2) is 22.7 Å². The van der Waals surface area contributed by atoms with E-state index in [-0.39, 0.29) is 0 Å². The maximum absolute atomic E-state index is 6.05. The Balaban J connectivity index is 2.79. The van der Waals surface area contributed by atoms with Gasteiger partial charge in [0.25, 0.3) is 0 Å². The molecule has 0 radical (unpaired) electrons. The van der Waals surface area contributed by atoms with Crippen LogP contribution in [0.4, 0.5) is 0 Å². The second kappa shape index (κ2) is 3.55. The molecule has 1 aromatic carbocycles. The molecule has 74 valence electrons. The van der Waals surface area contributed by atoms with Crippen molar-refractivity contribution in [1.29, 1.82) is 0 Å². The van der Waals surface area contributed by atoms with Crippen LogP contribution in [0.5, 0.6) is 0 Å². The Bertz CT molecular complexity index is 476. The second-order valence-corrected chi connectivity index (χ2v) is 4.73. The zero-order chi connectivity index (χ0) is 10.3. The molecule has 0 N–H and O–H groups in total. The first kappa shape index (κ1) is 9.99. The van der Waals surface area contributed by atoms with Gasteiger partial charge in [-0.05, 0) is 43.6 Å². The highest BCUT2D eigenvalue weighted by Crippen LogP contribution is 2.26. The molecule has 0 aliphatic rings. The predicted molar refractivity (Wildman–Crippen MR) is 62.8 cm³/mol. The van der Waals surface area contributed by atoms with E-state index in [0.717, 1.165) is 15.5 Å². The molecule has 0 fully saturated rings. The van der Waals surface area contributed by atoms with E-state index >= 15 is 0 Å². The average molecular weight is 274 g/mol. The maximum atomic E-state index is 6.05. The fourth-order valence-electron chi connectivity index (χ4n) is 1.53. The molecular formula is C10H10BrClN2. The molecule has 2 aromatic rings. The molecule has 0 amide bonds. The summed E-state index contributed by atoms with van der Waals surface area (Å²) in [5.41, 5.74) is 2.01. The van der Waals surface area contributed by atoms with Crippen molar-refractivity contribution >= 4 is 38.6 Å². The summed E-state index contributed by atoms with van der Waals surface area (Å²) < 4.78 is 3.06. The fourth-order valence-corrected chi connectivity index (χ4v) is 2.25. The standard InChI is InChI=1S/C10H10BrClN2/c1-6(2)14-9-5-7(11)3-4-8(9)13-10(14)12/h3-6H,1-2H3. The number of imidazole rings is 1. The summed E-state index contributed by atoms with van der Waals surface area (Å²) in [5, 5.41) is 0.549. The maximum Gasteiger partial charge on any atom is 0.204 e. The first-order valence-corrected chi connectivity index (χ1v) is 5.59. The number of rotatable bonds is 1. The van der Waals surface area contributed by atoms with Crippen LogP contribution < -0.4 is 0 Å². The number of halogens is 2. The lowest BCUT2D eigenvalue weighted by molar-refractivity contribution is 0.618. The number of aromatic nitrogens is 2. The topological polar surface area (TPSA) is 17.8 Å². The van der Waals surface area contributed by atoms with E-state index in [1.54, 1.807) is 0 Å². The quantitative estimate of drug-likeness (QED) is 0.767. The minimum Gasteiger partial charge on any atom is -0.312 e. The van der Waals surface area contributed by atoms with Crippen molar-refractivity contribution in [2.24, 2.45) is 0 Å². The molecular weight excluding hydrogens is 263 g/mol. The summed E-state index contributed by atoms with van der Waals surface area (Å²) in [6.07, 6.45) is 0. The second-order valence-electron chi connectivity index (χ2n) is 3.48. The third-order valence-electron chi connectivity index (χ3n) is 2.12. The van der Waals surface area contributed by atoms with Crippen LogP contribution in [0, 0.1) is 0 Å². The molecule has 0 spiro atoms. The van der Waals surface area contributed by atoms with Crippen LogP contribution in [-0.2, 0) is 0 Å². The molecule has 0 atom stereocenters. The predicted octanol–water partition coefficient (Wildman–Crippen LogP) is 4.03. The average Bonchev–Trinajstić information content (AvgIpc) is 2.40. The van der Waals surface area contributed by atoms with Gasteiger partial charge in [0, 0.05) is 10.5 Å². The van der Waals surface area contributed by atoms with Gasteiger partial charge < -0.3 is 4.57 Å². The van der Waals surface area contributed by atoms with Crippen LogP contribution in [-0.4, -0.2) is 9.55 Å². The van der Waals surface area contributed by atoms with Crippen molar-refractivity contribution in [3.63, 3.8) is 0 Å². The Morgan fingerprint density at radius 2 is 2.14 bits per heavy atom. The lowest BCUT2D eigenvalue weighted by Gasteiger charge is -2.09. The summed E-state index contributed by atoms with van der Waals surface area (Å²) in [6.45, 7) is 4.18. The first-order chi connectivity index (χ1) is 6.59. The van der Waals surface area contributed by atoms with Crippen LogP contribution in [0.1, 0.15) is 19.9 Å². The summed E-state index contributed by atoms with van der Waals surface area (Å²) >= 11 is 9.49. The molecule has 0 saturated heterocycles. The van der Waals surface area contributed by atoms with Crippen LogP contribution in [0.25, 0.3) is 11.0 Å². The van der Waals surface area contributed by atoms with E-state index in [4.69, 9.17) is 11.6 Å². The highest BCUT2D eigenvalue weighted by molar-refractivity contribution is 9.10. The summed E-state index contributed by atoms with van der Waals surface area (Å²) in [5.74, 6) is 0. The van der Waals surface area contributed by atoms with Crippen molar-refractivity contribution in [3.05, 3.63) is 28.0 Å². The molecule has 2 nitrogen and oxygen atoms in total. The smallest absolute Gasteiger partial charge is 0.204 e. The molecule has 0 unspecified atom stereocenters. The van der Waals surface area contributed by atoms with Gasteiger partial charge >= 0.3 is 0 Å².